The molecule has 1 saturated heterocycles. The minimum Gasteiger partial charge on any atom is -0.508 e. The molecule has 0 aliphatic carbocycles. The lowest BCUT2D eigenvalue weighted by Gasteiger charge is -2.40. The first-order valence-electron chi connectivity index (χ1n) is 6.59. The standard InChI is InChI=1S/C13H18N2O7/c16-5-8-9(18)10(19)11(20)13(22-8)15-14-12(21)6-1-3-7(17)4-2-6/h1-4,8-11,13,15-20H,5H2,(H,14,21)/t8-,9+,10+,11+,13-/m0/s1. The molecule has 9 heteroatoms. The van der Waals surface area contributed by atoms with Crippen LogP contribution in [0.1, 0.15) is 10.4 Å². The third kappa shape index (κ3) is 3.53. The average molecular weight is 314 g/mol. The van der Waals surface area contributed by atoms with Crippen LogP contribution in [0.3, 0.4) is 0 Å². The number of aromatic hydroxyl groups is 1. The predicted molar refractivity (Wildman–Crippen MR) is 72.5 cm³/mol. The van der Waals surface area contributed by atoms with Gasteiger partial charge in [-0.25, -0.2) is 5.43 Å². The number of phenols is 1. The molecule has 0 aromatic heterocycles. The monoisotopic (exact) mass is 314 g/mol. The van der Waals surface area contributed by atoms with Crippen LogP contribution in [0.25, 0.3) is 0 Å². The number of hydrogen-bond donors (Lipinski definition) is 7. The van der Waals surface area contributed by atoms with Crippen LogP contribution in [-0.2, 0) is 4.74 Å². The molecule has 0 spiro atoms. The fourth-order valence-corrected chi connectivity index (χ4v) is 2.04. The summed E-state index contributed by atoms with van der Waals surface area (Å²) in [6, 6.07) is 5.45. The molecule has 0 saturated carbocycles. The van der Waals surface area contributed by atoms with Crippen molar-refractivity contribution in [3.05, 3.63) is 29.8 Å². The molecule has 0 unspecified atom stereocenters. The van der Waals surface area contributed by atoms with Crippen molar-refractivity contribution in [1.29, 1.82) is 0 Å². The summed E-state index contributed by atoms with van der Waals surface area (Å²) in [4.78, 5) is 11.8. The Kier molecular flexibility index (Phi) is 5.29. The highest BCUT2D eigenvalue weighted by atomic mass is 16.6. The molecule has 1 aliphatic rings. The number of rotatable bonds is 4. The van der Waals surface area contributed by atoms with Crippen molar-refractivity contribution in [2.24, 2.45) is 0 Å². The quantitative estimate of drug-likeness (QED) is 0.299. The van der Waals surface area contributed by atoms with Crippen molar-refractivity contribution in [1.82, 2.24) is 10.9 Å². The number of hydrogen-bond acceptors (Lipinski definition) is 8. The lowest BCUT2D eigenvalue weighted by Crippen LogP contribution is -2.64. The molecular weight excluding hydrogens is 296 g/mol. The Hall–Kier alpha value is -1.75. The highest BCUT2D eigenvalue weighted by molar-refractivity contribution is 5.93. The molecule has 0 radical (unpaired) electrons. The van der Waals surface area contributed by atoms with Gasteiger partial charge in [-0.3, -0.25) is 10.2 Å². The Morgan fingerprint density at radius 1 is 1.09 bits per heavy atom. The molecule has 1 amide bonds. The first-order chi connectivity index (χ1) is 10.4. The summed E-state index contributed by atoms with van der Waals surface area (Å²) in [7, 11) is 0. The lowest BCUT2D eigenvalue weighted by molar-refractivity contribution is -0.238. The summed E-state index contributed by atoms with van der Waals surface area (Å²) in [6.45, 7) is -0.560. The maximum Gasteiger partial charge on any atom is 0.265 e. The van der Waals surface area contributed by atoms with Crippen LogP contribution in [0.15, 0.2) is 24.3 Å². The first-order valence-corrected chi connectivity index (χ1v) is 6.59. The fourth-order valence-electron chi connectivity index (χ4n) is 2.04. The molecule has 1 aliphatic heterocycles. The van der Waals surface area contributed by atoms with Gasteiger partial charge in [0, 0.05) is 5.56 Å². The topological polar surface area (TPSA) is 152 Å². The van der Waals surface area contributed by atoms with Crippen LogP contribution in [-0.4, -0.2) is 68.7 Å². The Bertz CT molecular complexity index is 508. The maximum atomic E-state index is 11.8. The number of hydrazine groups is 1. The summed E-state index contributed by atoms with van der Waals surface area (Å²) in [5, 5.41) is 47.2. The van der Waals surface area contributed by atoms with Gasteiger partial charge in [0.25, 0.3) is 5.91 Å². The zero-order chi connectivity index (χ0) is 16.3. The molecule has 9 nitrogen and oxygen atoms in total. The molecule has 5 atom stereocenters. The minimum atomic E-state index is -1.53. The van der Waals surface area contributed by atoms with E-state index in [0.29, 0.717) is 0 Å². The van der Waals surface area contributed by atoms with E-state index in [-0.39, 0.29) is 11.3 Å². The minimum absolute atomic E-state index is 0.0124. The number of ether oxygens (including phenoxy) is 1. The van der Waals surface area contributed by atoms with Gasteiger partial charge < -0.3 is 30.3 Å². The molecule has 22 heavy (non-hydrogen) atoms. The predicted octanol–water partition coefficient (Wildman–Crippen LogP) is -2.57. The molecule has 0 bridgehead atoms. The van der Waals surface area contributed by atoms with Gasteiger partial charge in [-0.2, -0.15) is 0 Å². The normalized spacial score (nSPS) is 31.7. The molecule has 1 heterocycles. The summed E-state index contributed by atoms with van der Waals surface area (Å²) >= 11 is 0. The van der Waals surface area contributed by atoms with Gasteiger partial charge in [0.05, 0.1) is 6.61 Å². The van der Waals surface area contributed by atoms with E-state index in [0.717, 1.165) is 0 Å². The Morgan fingerprint density at radius 3 is 2.32 bits per heavy atom. The number of aliphatic hydroxyl groups is 4. The van der Waals surface area contributed by atoms with E-state index in [4.69, 9.17) is 14.9 Å². The molecule has 2 rings (SSSR count). The smallest absolute Gasteiger partial charge is 0.265 e. The van der Waals surface area contributed by atoms with E-state index in [9.17, 15) is 20.1 Å². The van der Waals surface area contributed by atoms with Gasteiger partial charge in [0.15, 0.2) is 6.23 Å². The van der Waals surface area contributed by atoms with Gasteiger partial charge >= 0.3 is 0 Å². The Labute approximate surface area is 125 Å². The Balaban J connectivity index is 1.95. The number of carbonyl (C=O) groups is 1. The summed E-state index contributed by atoms with van der Waals surface area (Å²) in [5.74, 6) is -0.546. The highest BCUT2D eigenvalue weighted by Crippen LogP contribution is 2.19. The average Bonchev–Trinajstić information content (AvgIpc) is 2.52. The van der Waals surface area contributed by atoms with Crippen molar-refractivity contribution in [3.8, 4) is 5.75 Å². The van der Waals surface area contributed by atoms with Crippen LogP contribution in [0.4, 0.5) is 0 Å². The second-order valence-electron chi connectivity index (χ2n) is 4.89. The zero-order valence-electron chi connectivity index (χ0n) is 11.5. The molecular formula is C13H18N2O7. The highest BCUT2D eigenvalue weighted by Gasteiger charge is 2.43. The number of aliphatic hydroxyl groups excluding tert-OH is 4. The SMILES string of the molecule is O=C(NN[C@H]1O[C@@H](CO)[C@@H](O)[C@@H](O)[C@H]1O)c1ccc(O)cc1. The van der Waals surface area contributed by atoms with Gasteiger partial charge in [0.2, 0.25) is 0 Å². The van der Waals surface area contributed by atoms with E-state index < -0.39 is 43.2 Å². The van der Waals surface area contributed by atoms with Gasteiger partial charge in [0.1, 0.15) is 30.2 Å². The van der Waals surface area contributed by atoms with E-state index in [1.807, 2.05) is 0 Å². The van der Waals surface area contributed by atoms with Crippen molar-refractivity contribution < 1.29 is 35.1 Å². The van der Waals surface area contributed by atoms with Crippen molar-refractivity contribution in [3.63, 3.8) is 0 Å². The fraction of sp³-hybridized carbons (Fsp3) is 0.462. The van der Waals surface area contributed by atoms with Gasteiger partial charge in [-0.15, -0.1) is 0 Å². The maximum absolute atomic E-state index is 11.8. The van der Waals surface area contributed by atoms with E-state index in [2.05, 4.69) is 10.9 Å². The van der Waals surface area contributed by atoms with Gasteiger partial charge in [-0.1, -0.05) is 0 Å². The summed E-state index contributed by atoms with van der Waals surface area (Å²) in [5.41, 5.74) is 4.90. The molecule has 1 aromatic rings. The number of amides is 1. The second kappa shape index (κ2) is 7.01. The van der Waals surface area contributed by atoms with Crippen LogP contribution < -0.4 is 10.9 Å². The number of nitrogens with one attached hydrogen (secondary N) is 2. The Morgan fingerprint density at radius 2 is 1.73 bits per heavy atom. The third-order valence-electron chi connectivity index (χ3n) is 3.35. The van der Waals surface area contributed by atoms with Crippen molar-refractivity contribution >= 4 is 5.91 Å². The second-order valence-corrected chi connectivity index (χ2v) is 4.89. The van der Waals surface area contributed by atoms with Crippen LogP contribution in [0, 0.1) is 0 Å². The summed E-state index contributed by atoms with van der Waals surface area (Å²) < 4.78 is 5.16. The van der Waals surface area contributed by atoms with Crippen molar-refractivity contribution in [2.45, 2.75) is 30.6 Å². The number of carbonyl (C=O) groups excluding carboxylic acids is 1. The van der Waals surface area contributed by atoms with Crippen LogP contribution in [0.5, 0.6) is 5.75 Å². The van der Waals surface area contributed by atoms with Gasteiger partial charge in [-0.05, 0) is 24.3 Å². The van der Waals surface area contributed by atoms with Crippen molar-refractivity contribution in [2.75, 3.05) is 6.61 Å². The van der Waals surface area contributed by atoms with Crippen LogP contribution >= 0.6 is 0 Å². The largest absolute Gasteiger partial charge is 0.508 e. The summed E-state index contributed by atoms with van der Waals surface area (Å²) in [6.07, 6.45) is -6.78. The molecule has 1 fully saturated rings. The van der Waals surface area contributed by atoms with E-state index in [1.54, 1.807) is 0 Å². The van der Waals surface area contributed by atoms with E-state index >= 15 is 0 Å². The third-order valence-corrected chi connectivity index (χ3v) is 3.35. The number of phenolic OH excluding ortho intramolecular Hbond substituents is 1. The van der Waals surface area contributed by atoms with Crippen LogP contribution in [0.2, 0.25) is 0 Å². The molecule has 122 valence electrons. The lowest BCUT2D eigenvalue weighted by atomic mass is 9.99. The van der Waals surface area contributed by atoms with E-state index in [1.165, 1.54) is 24.3 Å². The zero-order valence-corrected chi connectivity index (χ0v) is 11.5. The first kappa shape index (κ1) is 16.6. The molecule has 1 aromatic carbocycles. The number of benzene rings is 1. The molecule has 7 N–H and O–H groups in total.